The van der Waals surface area contributed by atoms with E-state index in [0.29, 0.717) is 19.5 Å². The summed E-state index contributed by atoms with van der Waals surface area (Å²) in [5.41, 5.74) is 0. The van der Waals surface area contributed by atoms with E-state index < -0.39 is 5.97 Å². The highest BCUT2D eigenvalue weighted by Crippen LogP contribution is 1.85. The molecular weight excluding hydrogens is 238 g/mol. The van der Waals surface area contributed by atoms with Crippen LogP contribution in [0.4, 0.5) is 4.79 Å². The van der Waals surface area contributed by atoms with Crippen LogP contribution in [-0.2, 0) is 9.59 Å². The number of carbonyl (C=O) groups is 3. The van der Waals surface area contributed by atoms with Gasteiger partial charge in [-0.3, -0.25) is 9.59 Å². The molecule has 0 aliphatic carbocycles. The van der Waals surface area contributed by atoms with Gasteiger partial charge in [0.25, 0.3) is 0 Å². The number of aliphatic carboxylic acids is 1. The summed E-state index contributed by atoms with van der Waals surface area (Å²) in [7, 11) is 0. The van der Waals surface area contributed by atoms with Gasteiger partial charge in [-0.15, -0.1) is 0 Å². The number of nitrogens with one attached hydrogen (secondary N) is 3. The van der Waals surface area contributed by atoms with Crippen molar-refractivity contribution in [2.75, 3.05) is 19.6 Å². The summed E-state index contributed by atoms with van der Waals surface area (Å²) in [6.07, 6.45) is 1.53. The molecule has 18 heavy (non-hydrogen) atoms. The molecule has 7 nitrogen and oxygen atoms in total. The van der Waals surface area contributed by atoms with E-state index in [0.717, 1.165) is 6.42 Å². The number of rotatable bonds is 9. The van der Waals surface area contributed by atoms with Gasteiger partial charge in [0.2, 0.25) is 5.91 Å². The molecule has 0 saturated heterocycles. The molecular formula is C11H21N3O4. The van der Waals surface area contributed by atoms with Gasteiger partial charge in [-0.05, 0) is 12.8 Å². The molecule has 0 bridgehead atoms. The van der Waals surface area contributed by atoms with Crippen LogP contribution >= 0.6 is 0 Å². The lowest BCUT2D eigenvalue weighted by atomic mass is 10.3. The van der Waals surface area contributed by atoms with E-state index in [1.54, 1.807) is 0 Å². The highest BCUT2D eigenvalue weighted by atomic mass is 16.4. The van der Waals surface area contributed by atoms with Crippen LogP contribution in [0.3, 0.4) is 0 Å². The molecule has 0 aromatic rings. The van der Waals surface area contributed by atoms with Crippen molar-refractivity contribution in [3.8, 4) is 0 Å². The lowest BCUT2D eigenvalue weighted by Gasteiger charge is -2.07. The fraction of sp³-hybridized carbons (Fsp3) is 0.727. The van der Waals surface area contributed by atoms with Crippen LogP contribution in [0, 0.1) is 0 Å². The Bertz CT molecular complexity index is 281. The number of hydrogen-bond donors (Lipinski definition) is 4. The Balaban J connectivity index is 3.42. The smallest absolute Gasteiger partial charge is 0.314 e. The zero-order valence-electron chi connectivity index (χ0n) is 10.6. The Labute approximate surface area is 106 Å². The van der Waals surface area contributed by atoms with E-state index in [-0.39, 0.29) is 31.3 Å². The fourth-order valence-corrected chi connectivity index (χ4v) is 1.15. The monoisotopic (exact) mass is 259 g/mol. The van der Waals surface area contributed by atoms with Crippen molar-refractivity contribution >= 4 is 17.9 Å². The normalized spacial score (nSPS) is 9.61. The molecule has 0 spiro atoms. The van der Waals surface area contributed by atoms with E-state index in [1.165, 1.54) is 0 Å². The zero-order chi connectivity index (χ0) is 13.8. The first-order valence-corrected chi connectivity index (χ1v) is 6.06. The minimum Gasteiger partial charge on any atom is -0.481 e. The van der Waals surface area contributed by atoms with Crippen molar-refractivity contribution in [2.24, 2.45) is 0 Å². The van der Waals surface area contributed by atoms with Gasteiger partial charge in [-0.1, -0.05) is 6.92 Å². The van der Waals surface area contributed by atoms with Gasteiger partial charge in [0.15, 0.2) is 0 Å². The largest absolute Gasteiger partial charge is 0.481 e. The number of carboxylic acids is 1. The second kappa shape index (κ2) is 10.4. The number of carboxylic acid groups (broad SMARTS) is 1. The lowest BCUT2D eigenvalue weighted by Crippen LogP contribution is -2.38. The number of carbonyl (C=O) groups excluding carboxylic acids is 2. The van der Waals surface area contributed by atoms with Crippen molar-refractivity contribution in [3.63, 3.8) is 0 Å². The summed E-state index contributed by atoms with van der Waals surface area (Å²) in [6, 6.07) is -0.385. The van der Waals surface area contributed by atoms with E-state index in [9.17, 15) is 14.4 Å². The van der Waals surface area contributed by atoms with E-state index >= 15 is 0 Å². The molecule has 104 valence electrons. The Morgan fingerprint density at radius 2 is 1.61 bits per heavy atom. The number of hydrogen-bond acceptors (Lipinski definition) is 3. The quantitative estimate of drug-likeness (QED) is 0.439. The molecule has 0 rings (SSSR count). The number of amides is 3. The summed E-state index contributed by atoms with van der Waals surface area (Å²) < 4.78 is 0. The molecule has 7 heteroatoms. The second-order valence-corrected chi connectivity index (χ2v) is 3.78. The molecule has 3 amide bonds. The summed E-state index contributed by atoms with van der Waals surface area (Å²) >= 11 is 0. The van der Waals surface area contributed by atoms with Gasteiger partial charge < -0.3 is 21.1 Å². The SMILES string of the molecule is CCCNC(=O)CCNC(=O)NCCCC(=O)O. The summed E-state index contributed by atoms with van der Waals surface area (Å²) in [5.74, 6) is -0.979. The second-order valence-electron chi connectivity index (χ2n) is 3.78. The van der Waals surface area contributed by atoms with Crippen LogP contribution in [0.1, 0.15) is 32.6 Å². The third-order valence-corrected chi connectivity index (χ3v) is 2.06. The first kappa shape index (κ1) is 16.2. The average molecular weight is 259 g/mol. The Morgan fingerprint density at radius 3 is 2.22 bits per heavy atom. The molecule has 0 aliphatic heterocycles. The molecule has 0 fully saturated rings. The molecule has 0 aromatic carbocycles. The van der Waals surface area contributed by atoms with Crippen LogP contribution in [0.25, 0.3) is 0 Å². The first-order valence-electron chi connectivity index (χ1n) is 6.06. The maximum absolute atomic E-state index is 11.2. The number of urea groups is 1. The highest BCUT2D eigenvalue weighted by molar-refractivity contribution is 5.78. The molecule has 0 radical (unpaired) electrons. The zero-order valence-corrected chi connectivity index (χ0v) is 10.6. The molecule has 0 atom stereocenters. The molecule has 0 saturated carbocycles. The first-order chi connectivity index (χ1) is 8.56. The van der Waals surface area contributed by atoms with Crippen molar-refractivity contribution in [1.82, 2.24) is 16.0 Å². The molecule has 0 heterocycles. The van der Waals surface area contributed by atoms with Gasteiger partial charge in [0.05, 0.1) is 0 Å². The third-order valence-electron chi connectivity index (χ3n) is 2.06. The third kappa shape index (κ3) is 10.7. The minimum atomic E-state index is -0.884. The van der Waals surface area contributed by atoms with Crippen LogP contribution in [-0.4, -0.2) is 42.6 Å². The van der Waals surface area contributed by atoms with Crippen molar-refractivity contribution < 1.29 is 19.5 Å². The summed E-state index contributed by atoms with van der Waals surface area (Å²) in [6.45, 7) is 3.17. The van der Waals surface area contributed by atoms with Gasteiger partial charge in [-0.25, -0.2) is 4.79 Å². The van der Waals surface area contributed by atoms with Crippen LogP contribution in [0.2, 0.25) is 0 Å². The summed E-state index contributed by atoms with van der Waals surface area (Å²) in [5, 5.41) is 16.1. The maximum atomic E-state index is 11.2. The van der Waals surface area contributed by atoms with E-state index in [2.05, 4.69) is 16.0 Å². The fourth-order valence-electron chi connectivity index (χ4n) is 1.15. The highest BCUT2D eigenvalue weighted by Gasteiger charge is 2.03. The van der Waals surface area contributed by atoms with Crippen LogP contribution in [0.15, 0.2) is 0 Å². The standard InChI is InChI=1S/C11H21N3O4/c1-2-6-12-9(15)5-8-14-11(18)13-7-3-4-10(16)17/h2-8H2,1H3,(H,12,15)(H,16,17)(H2,13,14,18). The predicted molar refractivity (Wildman–Crippen MR) is 66.2 cm³/mol. The van der Waals surface area contributed by atoms with Gasteiger partial charge in [-0.2, -0.15) is 0 Å². The Hall–Kier alpha value is -1.79. The van der Waals surface area contributed by atoms with Crippen molar-refractivity contribution in [1.29, 1.82) is 0 Å². The van der Waals surface area contributed by atoms with Gasteiger partial charge in [0.1, 0.15) is 0 Å². The topological polar surface area (TPSA) is 108 Å². The van der Waals surface area contributed by atoms with E-state index in [1.807, 2.05) is 6.92 Å². The van der Waals surface area contributed by atoms with Gasteiger partial charge in [0, 0.05) is 32.5 Å². The van der Waals surface area contributed by atoms with Crippen LogP contribution < -0.4 is 16.0 Å². The lowest BCUT2D eigenvalue weighted by molar-refractivity contribution is -0.137. The van der Waals surface area contributed by atoms with Crippen molar-refractivity contribution in [2.45, 2.75) is 32.6 Å². The molecule has 4 N–H and O–H groups in total. The minimum absolute atomic E-state index is 0.0275. The van der Waals surface area contributed by atoms with E-state index in [4.69, 9.17) is 5.11 Å². The average Bonchev–Trinajstić information content (AvgIpc) is 2.32. The maximum Gasteiger partial charge on any atom is 0.314 e. The Morgan fingerprint density at radius 1 is 0.944 bits per heavy atom. The molecule has 0 unspecified atom stereocenters. The van der Waals surface area contributed by atoms with Crippen molar-refractivity contribution in [3.05, 3.63) is 0 Å². The summed E-state index contributed by atoms with van der Waals surface area (Å²) in [4.78, 5) is 32.6. The van der Waals surface area contributed by atoms with Gasteiger partial charge >= 0.3 is 12.0 Å². The predicted octanol–water partition coefficient (Wildman–Crippen LogP) is 0.0667. The Kier molecular flexibility index (Phi) is 9.34. The van der Waals surface area contributed by atoms with Crippen LogP contribution in [0.5, 0.6) is 0 Å². The molecule has 0 aliphatic rings. The molecule has 0 aromatic heterocycles.